The van der Waals surface area contributed by atoms with Gasteiger partial charge in [0.15, 0.2) is 0 Å². The largest absolute Gasteiger partial charge is 0.493 e. The third-order valence-electron chi connectivity index (χ3n) is 4.35. The number of benzene rings is 2. The van der Waals surface area contributed by atoms with Crippen LogP contribution in [0.1, 0.15) is 34.1 Å². The first kappa shape index (κ1) is 20.4. The van der Waals surface area contributed by atoms with Crippen molar-refractivity contribution in [2.45, 2.75) is 13.3 Å². The van der Waals surface area contributed by atoms with Crippen LogP contribution in [0.25, 0.3) is 0 Å². The molecule has 0 atom stereocenters. The van der Waals surface area contributed by atoms with Crippen molar-refractivity contribution >= 4 is 33.4 Å². The van der Waals surface area contributed by atoms with Crippen LogP contribution in [0.3, 0.4) is 0 Å². The van der Waals surface area contributed by atoms with Crippen molar-refractivity contribution in [2.24, 2.45) is 0 Å². The summed E-state index contributed by atoms with van der Waals surface area (Å²) in [4.78, 5) is 27.6. The number of morpholine rings is 1. The highest BCUT2D eigenvalue weighted by molar-refractivity contribution is 9.10. The maximum Gasteiger partial charge on any atom is 0.259 e. The summed E-state index contributed by atoms with van der Waals surface area (Å²) >= 11 is 3.40. The summed E-state index contributed by atoms with van der Waals surface area (Å²) in [5.74, 6) is 0.0741. The molecule has 0 saturated carbocycles. The van der Waals surface area contributed by atoms with Crippen molar-refractivity contribution in [1.82, 2.24) is 4.90 Å². The first-order chi connectivity index (χ1) is 13.6. The lowest BCUT2D eigenvalue weighted by molar-refractivity contribution is 0.0303. The van der Waals surface area contributed by atoms with Crippen molar-refractivity contribution < 1.29 is 19.1 Å². The molecule has 0 radical (unpaired) electrons. The van der Waals surface area contributed by atoms with Gasteiger partial charge in [0.2, 0.25) is 0 Å². The normalized spacial score (nSPS) is 13.9. The predicted octanol–water partition coefficient (Wildman–Crippen LogP) is 3.96. The molecule has 148 valence electrons. The summed E-state index contributed by atoms with van der Waals surface area (Å²) < 4.78 is 11.8. The Morgan fingerprint density at radius 3 is 2.64 bits per heavy atom. The summed E-state index contributed by atoms with van der Waals surface area (Å²) in [6, 6.07) is 12.3. The zero-order chi connectivity index (χ0) is 19.9. The van der Waals surface area contributed by atoms with Crippen LogP contribution in [-0.4, -0.2) is 49.6 Å². The number of carbonyl (C=O) groups excluding carboxylic acids is 2. The van der Waals surface area contributed by atoms with Gasteiger partial charge in [-0.25, -0.2) is 0 Å². The highest BCUT2D eigenvalue weighted by Gasteiger charge is 2.22. The van der Waals surface area contributed by atoms with Crippen LogP contribution in [0, 0.1) is 0 Å². The van der Waals surface area contributed by atoms with Gasteiger partial charge in [-0.1, -0.05) is 35.0 Å². The fourth-order valence-corrected chi connectivity index (χ4v) is 3.28. The van der Waals surface area contributed by atoms with Gasteiger partial charge in [-0.3, -0.25) is 9.59 Å². The SMILES string of the molecule is CCCOc1ccc(Br)cc1C(=O)Nc1ccccc1C(=O)N1CCOCC1. The fraction of sp³-hybridized carbons (Fsp3) is 0.333. The van der Waals surface area contributed by atoms with Gasteiger partial charge in [0.25, 0.3) is 11.8 Å². The molecule has 3 rings (SSSR count). The second kappa shape index (κ2) is 9.71. The van der Waals surface area contributed by atoms with E-state index in [1.54, 1.807) is 41.3 Å². The predicted molar refractivity (Wildman–Crippen MR) is 111 cm³/mol. The third kappa shape index (κ3) is 4.91. The Kier molecular flexibility index (Phi) is 7.06. The second-order valence-corrected chi connectivity index (χ2v) is 7.31. The Labute approximate surface area is 172 Å². The molecule has 1 heterocycles. The summed E-state index contributed by atoms with van der Waals surface area (Å²) in [5.41, 5.74) is 1.35. The lowest BCUT2D eigenvalue weighted by Crippen LogP contribution is -2.41. The number of para-hydroxylation sites is 1. The molecule has 0 aliphatic carbocycles. The third-order valence-corrected chi connectivity index (χ3v) is 4.85. The molecule has 7 heteroatoms. The summed E-state index contributed by atoms with van der Waals surface area (Å²) in [6.45, 7) is 4.66. The van der Waals surface area contributed by atoms with Gasteiger partial charge in [-0.05, 0) is 36.8 Å². The van der Waals surface area contributed by atoms with Gasteiger partial charge in [0.1, 0.15) is 5.75 Å². The van der Waals surface area contributed by atoms with Crippen LogP contribution >= 0.6 is 15.9 Å². The molecule has 1 fully saturated rings. The monoisotopic (exact) mass is 446 g/mol. The van der Waals surface area contributed by atoms with Gasteiger partial charge in [0.05, 0.1) is 36.6 Å². The molecule has 6 nitrogen and oxygen atoms in total. The lowest BCUT2D eigenvalue weighted by atomic mass is 10.1. The number of rotatable bonds is 6. The van der Waals surface area contributed by atoms with Crippen LogP contribution in [0.4, 0.5) is 5.69 Å². The van der Waals surface area contributed by atoms with Gasteiger partial charge in [-0.15, -0.1) is 0 Å². The van der Waals surface area contributed by atoms with E-state index in [1.807, 2.05) is 13.0 Å². The van der Waals surface area contributed by atoms with E-state index in [0.717, 1.165) is 10.9 Å². The number of halogens is 1. The minimum atomic E-state index is -0.324. The maximum absolute atomic E-state index is 12.9. The molecule has 1 aliphatic heterocycles. The van der Waals surface area contributed by atoms with Crippen molar-refractivity contribution in [3.05, 3.63) is 58.1 Å². The number of hydrogen-bond donors (Lipinski definition) is 1. The van der Waals surface area contributed by atoms with E-state index >= 15 is 0 Å². The standard InChI is InChI=1S/C21H23BrN2O4/c1-2-11-28-19-8-7-15(22)14-17(19)20(25)23-18-6-4-3-5-16(18)21(26)24-9-12-27-13-10-24/h3-8,14H,2,9-13H2,1H3,(H,23,25). The molecular formula is C21H23BrN2O4. The van der Waals surface area contributed by atoms with E-state index in [2.05, 4.69) is 21.2 Å². The Bertz CT molecular complexity index is 850. The van der Waals surface area contributed by atoms with Gasteiger partial charge in [0, 0.05) is 17.6 Å². The van der Waals surface area contributed by atoms with Crippen molar-refractivity contribution in [2.75, 3.05) is 38.2 Å². The zero-order valence-electron chi connectivity index (χ0n) is 15.7. The van der Waals surface area contributed by atoms with Crippen molar-refractivity contribution in [1.29, 1.82) is 0 Å². The topological polar surface area (TPSA) is 67.9 Å². The molecule has 1 aliphatic rings. The molecule has 0 aromatic heterocycles. The van der Waals surface area contributed by atoms with Crippen LogP contribution in [0.2, 0.25) is 0 Å². The molecule has 0 spiro atoms. The molecule has 28 heavy (non-hydrogen) atoms. The van der Waals surface area contributed by atoms with Crippen LogP contribution in [0.15, 0.2) is 46.9 Å². The molecule has 0 unspecified atom stereocenters. The van der Waals surface area contributed by atoms with E-state index in [9.17, 15) is 9.59 Å². The number of hydrogen-bond acceptors (Lipinski definition) is 4. The first-order valence-electron chi connectivity index (χ1n) is 9.30. The minimum absolute atomic E-state index is 0.115. The van der Waals surface area contributed by atoms with E-state index < -0.39 is 0 Å². The first-order valence-corrected chi connectivity index (χ1v) is 10.1. The Morgan fingerprint density at radius 1 is 1.14 bits per heavy atom. The quantitative estimate of drug-likeness (QED) is 0.728. The average Bonchev–Trinajstić information content (AvgIpc) is 2.73. The zero-order valence-corrected chi connectivity index (χ0v) is 17.3. The molecule has 2 aromatic rings. The van der Waals surface area contributed by atoms with Crippen molar-refractivity contribution in [3.8, 4) is 5.75 Å². The minimum Gasteiger partial charge on any atom is -0.493 e. The molecule has 1 N–H and O–H groups in total. The smallest absolute Gasteiger partial charge is 0.259 e. The van der Waals surface area contributed by atoms with Crippen LogP contribution in [0.5, 0.6) is 5.75 Å². The Hall–Kier alpha value is -2.38. The summed E-state index contributed by atoms with van der Waals surface area (Å²) in [5, 5.41) is 2.87. The second-order valence-electron chi connectivity index (χ2n) is 6.39. The molecular weight excluding hydrogens is 424 g/mol. The van der Waals surface area contributed by atoms with E-state index in [-0.39, 0.29) is 11.8 Å². The molecule has 2 amide bonds. The highest BCUT2D eigenvalue weighted by Crippen LogP contribution is 2.26. The van der Waals surface area contributed by atoms with Gasteiger partial charge in [-0.2, -0.15) is 0 Å². The van der Waals surface area contributed by atoms with Crippen LogP contribution < -0.4 is 10.1 Å². The Balaban J connectivity index is 1.83. The number of ether oxygens (including phenoxy) is 2. The van der Waals surface area contributed by atoms with E-state index in [0.29, 0.717) is 55.5 Å². The number of anilines is 1. The lowest BCUT2D eigenvalue weighted by Gasteiger charge is -2.27. The van der Waals surface area contributed by atoms with Crippen molar-refractivity contribution in [3.63, 3.8) is 0 Å². The summed E-state index contributed by atoms with van der Waals surface area (Å²) in [6.07, 6.45) is 0.841. The van der Waals surface area contributed by atoms with E-state index in [4.69, 9.17) is 9.47 Å². The average molecular weight is 447 g/mol. The van der Waals surface area contributed by atoms with Crippen LogP contribution in [-0.2, 0) is 4.74 Å². The number of nitrogens with one attached hydrogen (secondary N) is 1. The highest BCUT2D eigenvalue weighted by atomic mass is 79.9. The van der Waals surface area contributed by atoms with E-state index in [1.165, 1.54) is 0 Å². The fourth-order valence-electron chi connectivity index (χ4n) is 2.92. The maximum atomic E-state index is 12.9. The van der Waals surface area contributed by atoms with Gasteiger partial charge < -0.3 is 19.7 Å². The number of carbonyl (C=O) groups is 2. The number of nitrogens with zero attached hydrogens (tertiary/aromatic N) is 1. The summed E-state index contributed by atoms with van der Waals surface area (Å²) in [7, 11) is 0. The molecule has 1 saturated heterocycles. The molecule has 0 bridgehead atoms. The number of amides is 2. The van der Waals surface area contributed by atoms with Gasteiger partial charge >= 0.3 is 0 Å². The molecule has 2 aromatic carbocycles. The Morgan fingerprint density at radius 2 is 1.89 bits per heavy atom.